The SMILES string of the molecule is C=Cc1c2nc(c(-c3ccccc3)c3ccc([n-]3)c(C#C[C@]3(O)CC[C@H]4[C@@H]5CCc6cc(O)ccc6[C@H]5CC[C@@]43C)c3nc(c(-c4ccccc4)c4ccc1[n-]4)C=C3)C=C2.[Zn+2]. The number of aromatic nitrogens is 4. The third-order valence-corrected chi connectivity index (χ3v) is 14.2. The second-order valence-corrected chi connectivity index (χ2v) is 17.2. The molecule has 3 aromatic carbocycles. The maximum atomic E-state index is 12.8. The molecule has 2 fully saturated rings. The Bertz CT molecular complexity index is 3000. The Morgan fingerprint density at radius 1 is 0.705 bits per heavy atom. The van der Waals surface area contributed by atoms with E-state index in [0.29, 0.717) is 46.7 Å². The summed E-state index contributed by atoms with van der Waals surface area (Å²) in [5.74, 6) is 8.72. The first-order valence-corrected chi connectivity index (χ1v) is 21.2. The smallest absolute Gasteiger partial charge is 0.657 e. The molecule has 2 N–H and O–H groups in total. The van der Waals surface area contributed by atoms with E-state index < -0.39 is 5.60 Å². The predicted octanol–water partition coefficient (Wildman–Crippen LogP) is 11.2. The average molecular weight is 846 g/mol. The fourth-order valence-electron chi connectivity index (χ4n) is 11.2. The van der Waals surface area contributed by atoms with Crippen molar-refractivity contribution in [2.75, 3.05) is 0 Å². The fourth-order valence-corrected chi connectivity index (χ4v) is 11.2. The van der Waals surface area contributed by atoms with E-state index in [1.807, 2.05) is 103 Å². The molecule has 0 amide bonds. The van der Waals surface area contributed by atoms with Crippen molar-refractivity contribution in [2.45, 2.75) is 57.0 Å². The van der Waals surface area contributed by atoms with E-state index in [2.05, 4.69) is 55.7 Å². The van der Waals surface area contributed by atoms with E-state index in [0.717, 1.165) is 93.6 Å². The summed E-state index contributed by atoms with van der Waals surface area (Å²) >= 11 is 0. The van der Waals surface area contributed by atoms with Crippen LogP contribution in [0.2, 0.25) is 0 Å². The molecule has 0 radical (unpaired) electrons. The zero-order chi connectivity index (χ0) is 40.6. The van der Waals surface area contributed by atoms with Crippen molar-refractivity contribution in [2.24, 2.45) is 17.3 Å². The number of hydrogen-bond acceptors (Lipinski definition) is 4. The van der Waals surface area contributed by atoms with Gasteiger partial charge < -0.3 is 20.2 Å². The zero-order valence-electron chi connectivity index (χ0n) is 34.3. The number of phenolic OH excluding ortho intramolecular Hbond substituents is 1. The summed E-state index contributed by atoms with van der Waals surface area (Å²) in [7, 11) is 0. The molecule has 5 aliphatic rings. The van der Waals surface area contributed by atoms with Gasteiger partial charge in [0.05, 0.1) is 22.8 Å². The van der Waals surface area contributed by atoms with Gasteiger partial charge in [-0.15, -0.1) is 22.1 Å². The molecule has 5 heterocycles. The van der Waals surface area contributed by atoms with Crippen molar-refractivity contribution in [3.8, 4) is 39.8 Å². The van der Waals surface area contributed by atoms with Crippen molar-refractivity contribution in [1.82, 2.24) is 19.9 Å². The van der Waals surface area contributed by atoms with Crippen LogP contribution in [0.5, 0.6) is 5.75 Å². The van der Waals surface area contributed by atoms with Gasteiger partial charge in [0.15, 0.2) is 0 Å². The molecular weight excluding hydrogens is 802 g/mol. The maximum absolute atomic E-state index is 12.8. The minimum absolute atomic E-state index is 0. The first kappa shape index (κ1) is 39.1. The number of fused-ring (bicyclic) bond motifs is 13. The van der Waals surface area contributed by atoms with Gasteiger partial charge in [-0.3, -0.25) is 0 Å². The van der Waals surface area contributed by atoms with E-state index in [9.17, 15) is 10.2 Å². The van der Waals surface area contributed by atoms with Gasteiger partial charge in [0.2, 0.25) is 0 Å². The second-order valence-electron chi connectivity index (χ2n) is 17.2. The Hall–Kier alpha value is -6.06. The van der Waals surface area contributed by atoms with Gasteiger partial charge in [-0.05, 0) is 132 Å². The molecular formula is C54H44N4O2Zn. The Labute approximate surface area is 369 Å². The van der Waals surface area contributed by atoms with Crippen LogP contribution in [0.4, 0.5) is 0 Å². The Morgan fingerprint density at radius 3 is 2.00 bits per heavy atom. The number of rotatable bonds is 3. The topological polar surface area (TPSA) is 94.4 Å². The van der Waals surface area contributed by atoms with Crippen LogP contribution in [0.25, 0.3) is 74.7 Å². The van der Waals surface area contributed by atoms with Gasteiger partial charge in [0, 0.05) is 11.0 Å². The van der Waals surface area contributed by atoms with Gasteiger partial charge in [-0.25, -0.2) is 9.97 Å². The minimum Gasteiger partial charge on any atom is -0.657 e. The predicted molar refractivity (Wildman–Crippen MR) is 242 cm³/mol. The number of hydrogen-bond donors (Lipinski definition) is 2. The average Bonchev–Trinajstić information content (AvgIpc) is 4.13. The normalized spacial score (nSPS) is 23.2. The summed E-state index contributed by atoms with van der Waals surface area (Å²) in [5, 5.41) is 23.0. The molecule has 3 aliphatic carbocycles. The van der Waals surface area contributed by atoms with Crippen molar-refractivity contribution >= 4 is 52.4 Å². The first-order chi connectivity index (χ1) is 29.3. The second kappa shape index (κ2) is 15.1. The Balaban J connectivity index is 0.00000445. The van der Waals surface area contributed by atoms with Crippen LogP contribution >= 0.6 is 0 Å². The van der Waals surface area contributed by atoms with Gasteiger partial charge in [0.1, 0.15) is 11.4 Å². The molecule has 11 rings (SSSR count). The third kappa shape index (κ3) is 6.39. The summed E-state index contributed by atoms with van der Waals surface area (Å²) in [6, 6.07) is 34.6. The van der Waals surface area contributed by atoms with Crippen molar-refractivity contribution in [3.63, 3.8) is 0 Å². The first-order valence-electron chi connectivity index (χ1n) is 21.2. The molecule has 0 unspecified atom stereocenters. The zero-order valence-corrected chi connectivity index (χ0v) is 37.2. The van der Waals surface area contributed by atoms with Crippen LogP contribution in [-0.4, -0.2) is 25.8 Å². The van der Waals surface area contributed by atoms with E-state index in [1.54, 1.807) is 0 Å². The molecule has 7 heteroatoms. The van der Waals surface area contributed by atoms with E-state index in [-0.39, 0.29) is 24.9 Å². The quantitative estimate of drug-likeness (QED) is 0.136. The van der Waals surface area contributed by atoms with Crippen molar-refractivity contribution < 1.29 is 29.7 Å². The number of aromatic hydroxyl groups is 1. The standard InChI is InChI=1S/C54H44N4O2.Zn/c1-3-37-43-18-22-47(55-43)51(33-10-6-4-7-11-33)49-24-20-45(57-49)41(46-21-25-50(58-46)52(34-12-8-5-9-13-34)48-23-19-44(37)56-48)27-30-54(60)31-28-42-40-16-14-35-32-36(59)15-17-38(35)39(40)26-29-53(42,54)2;/h3-13,15,17-25,32,39-40,42,60H,1,14,16,26,28-29,31H2,2H3,(H-2,55,56,57,58,59);/q-2;+2/t39-,40-,42+,53+,54+;/m1./s1. The fraction of sp³-hybridized carbons (Fsp3) is 0.222. The number of nitrogens with zero attached hydrogens (tertiary/aromatic N) is 4. The molecule has 6 aromatic rings. The summed E-state index contributed by atoms with van der Waals surface area (Å²) in [6.07, 6.45) is 15.4. The molecule has 2 aliphatic heterocycles. The minimum atomic E-state index is -1.18. The molecule has 294 valence electrons. The third-order valence-electron chi connectivity index (χ3n) is 14.2. The summed E-state index contributed by atoms with van der Waals surface area (Å²) in [6.45, 7) is 6.46. The van der Waals surface area contributed by atoms with Crippen molar-refractivity contribution in [1.29, 1.82) is 0 Å². The number of benzene rings is 3. The number of aryl methyl sites for hydroxylation is 1. The van der Waals surface area contributed by atoms with Gasteiger partial charge >= 0.3 is 19.5 Å². The molecule has 0 saturated heterocycles. The van der Waals surface area contributed by atoms with Crippen molar-refractivity contribution in [3.05, 3.63) is 155 Å². The monoisotopic (exact) mass is 844 g/mol. The van der Waals surface area contributed by atoms with E-state index >= 15 is 0 Å². The Morgan fingerprint density at radius 2 is 1.31 bits per heavy atom. The van der Waals surface area contributed by atoms with Crippen LogP contribution in [0.15, 0.2) is 110 Å². The van der Waals surface area contributed by atoms with Crippen LogP contribution in [0, 0.1) is 29.1 Å². The summed E-state index contributed by atoms with van der Waals surface area (Å²) < 4.78 is 0. The molecule has 61 heavy (non-hydrogen) atoms. The van der Waals surface area contributed by atoms with E-state index in [4.69, 9.17) is 19.9 Å². The van der Waals surface area contributed by atoms with Crippen LogP contribution in [0.3, 0.4) is 0 Å². The molecule has 3 aromatic heterocycles. The largest absolute Gasteiger partial charge is 2.00 e. The molecule has 5 atom stereocenters. The van der Waals surface area contributed by atoms with Crippen LogP contribution in [-0.2, 0) is 25.9 Å². The molecule has 2 saturated carbocycles. The van der Waals surface area contributed by atoms with Gasteiger partial charge in [-0.2, -0.15) is 0 Å². The maximum Gasteiger partial charge on any atom is 2.00 e. The van der Waals surface area contributed by atoms with Crippen LogP contribution < -0.4 is 9.97 Å². The van der Waals surface area contributed by atoms with Crippen LogP contribution in [0.1, 0.15) is 90.0 Å². The van der Waals surface area contributed by atoms with Gasteiger partial charge in [-0.1, -0.05) is 122 Å². The summed E-state index contributed by atoms with van der Waals surface area (Å²) in [5.41, 5.74) is 12.6. The molecule has 6 nitrogen and oxygen atoms in total. The number of phenols is 1. The molecule has 0 spiro atoms. The summed E-state index contributed by atoms with van der Waals surface area (Å²) in [4.78, 5) is 21.0. The number of aliphatic hydroxyl groups is 1. The van der Waals surface area contributed by atoms with E-state index in [1.165, 1.54) is 11.1 Å². The molecule has 8 bridgehead atoms. The Kier molecular flexibility index (Phi) is 9.70. The van der Waals surface area contributed by atoms with Gasteiger partial charge in [0.25, 0.3) is 0 Å².